The second-order valence-electron chi connectivity index (χ2n) is 3.20. The number of amides is 2. The van der Waals surface area contributed by atoms with Crippen LogP contribution in [0.5, 0.6) is 0 Å². The molecule has 0 saturated heterocycles. The summed E-state index contributed by atoms with van der Waals surface area (Å²) in [6, 6.07) is 0. The van der Waals surface area contributed by atoms with Crippen LogP contribution in [0.4, 0.5) is 4.79 Å². The third kappa shape index (κ3) is 8.98. The Labute approximate surface area is 94.7 Å². The zero-order valence-corrected chi connectivity index (χ0v) is 9.67. The van der Waals surface area contributed by atoms with Crippen molar-refractivity contribution in [1.82, 2.24) is 10.6 Å². The van der Waals surface area contributed by atoms with Crippen molar-refractivity contribution in [2.45, 2.75) is 26.7 Å². The van der Waals surface area contributed by atoms with Gasteiger partial charge in [-0.15, -0.1) is 0 Å². The van der Waals surface area contributed by atoms with Crippen molar-refractivity contribution in [3.63, 3.8) is 0 Å². The first-order valence-electron chi connectivity index (χ1n) is 5.23. The van der Waals surface area contributed by atoms with Crippen LogP contribution in [0.15, 0.2) is 0 Å². The van der Waals surface area contributed by atoms with Crippen molar-refractivity contribution >= 4 is 17.8 Å². The van der Waals surface area contributed by atoms with Gasteiger partial charge in [0, 0.05) is 25.9 Å². The monoisotopic (exact) mass is 230 g/mol. The molecular formula is C10H18N2O4. The molecule has 0 bridgehead atoms. The van der Waals surface area contributed by atoms with Crippen molar-refractivity contribution in [2.75, 3.05) is 19.7 Å². The number of nitrogens with one attached hydrogen (secondary N) is 2. The smallest absolute Gasteiger partial charge is 0.407 e. The lowest BCUT2D eigenvalue weighted by molar-refractivity contribution is -0.124. The first-order valence-corrected chi connectivity index (χ1v) is 5.23. The minimum atomic E-state index is -0.500. The maximum absolute atomic E-state index is 11.1. The fourth-order valence-corrected chi connectivity index (χ4v) is 0.927. The van der Waals surface area contributed by atoms with E-state index >= 15 is 0 Å². The molecule has 0 aliphatic heterocycles. The first kappa shape index (κ1) is 14.4. The van der Waals surface area contributed by atoms with Gasteiger partial charge in [-0.3, -0.25) is 4.79 Å². The lowest BCUT2D eigenvalue weighted by Crippen LogP contribution is -2.35. The topological polar surface area (TPSA) is 84.5 Å². The van der Waals surface area contributed by atoms with Crippen LogP contribution >= 0.6 is 0 Å². The van der Waals surface area contributed by atoms with Gasteiger partial charge < -0.3 is 20.2 Å². The van der Waals surface area contributed by atoms with Crippen LogP contribution in [0, 0.1) is 0 Å². The predicted octanol–water partition coefficient (Wildman–Crippen LogP) is 0.218. The maximum Gasteiger partial charge on any atom is 0.407 e. The van der Waals surface area contributed by atoms with Crippen molar-refractivity contribution in [3.8, 4) is 0 Å². The highest BCUT2D eigenvalue weighted by molar-refractivity contribution is 5.83. The van der Waals surface area contributed by atoms with Crippen molar-refractivity contribution in [3.05, 3.63) is 0 Å². The summed E-state index contributed by atoms with van der Waals surface area (Å²) in [7, 11) is 0. The summed E-state index contributed by atoms with van der Waals surface area (Å²) in [5, 5.41) is 5.04. The highest BCUT2D eigenvalue weighted by Gasteiger charge is 2.03. The minimum Gasteiger partial charge on any atom is -0.450 e. The van der Waals surface area contributed by atoms with Crippen LogP contribution in [-0.2, 0) is 14.3 Å². The molecular weight excluding hydrogens is 212 g/mol. The summed E-state index contributed by atoms with van der Waals surface area (Å²) >= 11 is 0. The van der Waals surface area contributed by atoms with Crippen molar-refractivity contribution in [1.29, 1.82) is 0 Å². The molecule has 0 aromatic rings. The van der Waals surface area contributed by atoms with Gasteiger partial charge in [0.05, 0.1) is 6.61 Å². The number of hydrogen-bond donors (Lipinski definition) is 2. The molecule has 2 amide bonds. The normalized spacial score (nSPS) is 9.38. The van der Waals surface area contributed by atoms with Crippen LogP contribution in [-0.4, -0.2) is 37.5 Å². The van der Waals surface area contributed by atoms with E-state index < -0.39 is 6.09 Å². The van der Waals surface area contributed by atoms with Crippen LogP contribution in [0.1, 0.15) is 26.7 Å². The van der Waals surface area contributed by atoms with Gasteiger partial charge >= 0.3 is 6.09 Å². The Morgan fingerprint density at radius 2 is 1.69 bits per heavy atom. The fraction of sp³-hybridized carbons (Fsp3) is 0.700. The fourth-order valence-electron chi connectivity index (χ4n) is 0.927. The van der Waals surface area contributed by atoms with Gasteiger partial charge in [0.25, 0.3) is 0 Å². The van der Waals surface area contributed by atoms with Crippen LogP contribution in [0.3, 0.4) is 0 Å². The second kappa shape index (κ2) is 8.70. The zero-order chi connectivity index (χ0) is 12.4. The standard InChI is InChI=1S/C10H18N2O4/c1-3-16-10(15)12-7-6-11-9(14)5-4-8(2)13/h3-7H2,1-2H3,(H,11,14)(H,12,15). The quantitative estimate of drug-likeness (QED) is 0.613. The Morgan fingerprint density at radius 3 is 2.25 bits per heavy atom. The Hall–Kier alpha value is -1.59. The Balaban J connectivity index is 3.40. The van der Waals surface area contributed by atoms with E-state index in [0.717, 1.165) is 0 Å². The molecule has 6 heteroatoms. The summed E-state index contributed by atoms with van der Waals surface area (Å²) in [6.45, 7) is 4.11. The lowest BCUT2D eigenvalue weighted by Gasteiger charge is -2.06. The van der Waals surface area contributed by atoms with Crippen molar-refractivity contribution in [2.24, 2.45) is 0 Å². The molecule has 0 aliphatic rings. The molecule has 0 fully saturated rings. The van der Waals surface area contributed by atoms with Gasteiger partial charge in [-0.25, -0.2) is 4.79 Å². The number of ether oxygens (including phenoxy) is 1. The lowest BCUT2D eigenvalue weighted by atomic mass is 10.2. The van der Waals surface area contributed by atoms with E-state index in [-0.39, 0.29) is 24.5 Å². The van der Waals surface area contributed by atoms with Crippen LogP contribution < -0.4 is 10.6 Å². The van der Waals surface area contributed by atoms with E-state index in [2.05, 4.69) is 15.4 Å². The van der Waals surface area contributed by atoms with Gasteiger partial charge in [-0.05, 0) is 13.8 Å². The first-order chi connectivity index (χ1) is 7.56. The highest BCUT2D eigenvalue weighted by Crippen LogP contribution is 1.89. The van der Waals surface area contributed by atoms with Crippen LogP contribution in [0.2, 0.25) is 0 Å². The molecule has 0 spiro atoms. The number of carbonyl (C=O) groups is 3. The highest BCUT2D eigenvalue weighted by atomic mass is 16.5. The second-order valence-corrected chi connectivity index (χ2v) is 3.20. The summed E-state index contributed by atoms with van der Waals surface area (Å²) in [6.07, 6.45) is -0.0632. The number of Topliss-reactive ketones (excluding diaryl/α,β-unsaturated/α-hetero) is 1. The van der Waals surface area contributed by atoms with Gasteiger partial charge in [-0.2, -0.15) is 0 Å². The average molecular weight is 230 g/mol. The number of rotatable bonds is 7. The molecule has 2 N–H and O–H groups in total. The van der Waals surface area contributed by atoms with Crippen LogP contribution in [0.25, 0.3) is 0 Å². The molecule has 0 radical (unpaired) electrons. The Kier molecular flexibility index (Phi) is 7.83. The number of alkyl carbamates (subject to hydrolysis) is 1. The Morgan fingerprint density at radius 1 is 1.06 bits per heavy atom. The zero-order valence-electron chi connectivity index (χ0n) is 9.67. The van der Waals surface area contributed by atoms with Gasteiger partial charge in [0.2, 0.25) is 5.91 Å². The molecule has 0 aromatic heterocycles. The molecule has 0 saturated carbocycles. The van der Waals surface area contributed by atoms with E-state index in [1.807, 2.05) is 0 Å². The molecule has 0 rings (SSSR count). The molecule has 0 atom stereocenters. The third-order valence-corrected chi connectivity index (χ3v) is 1.70. The number of hydrogen-bond acceptors (Lipinski definition) is 4. The molecule has 0 aromatic carbocycles. The number of ketones is 1. The van der Waals surface area contributed by atoms with E-state index in [0.29, 0.717) is 19.7 Å². The summed E-state index contributed by atoms with van der Waals surface area (Å²) in [5.74, 6) is -0.208. The average Bonchev–Trinajstić information content (AvgIpc) is 2.22. The number of carbonyl (C=O) groups excluding carboxylic acids is 3. The molecule has 0 aliphatic carbocycles. The predicted molar refractivity (Wildman–Crippen MR) is 57.9 cm³/mol. The summed E-state index contributed by atoms with van der Waals surface area (Å²) in [4.78, 5) is 32.5. The maximum atomic E-state index is 11.1. The summed E-state index contributed by atoms with van der Waals surface area (Å²) < 4.78 is 4.62. The minimum absolute atomic E-state index is 0.0141. The molecule has 16 heavy (non-hydrogen) atoms. The van der Waals surface area contributed by atoms with Gasteiger partial charge in [0.15, 0.2) is 0 Å². The van der Waals surface area contributed by atoms with E-state index in [4.69, 9.17) is 0 Å². The van der Waals surface area contributed by atoms with E-state index in [9.17, 15) is 14.4 Å². The van der Waals surface area contributed by atoms with Gasteiger partial charge in [-0.1, -0.05) is 0 Å². The van der Waals surface area contributed by atoms with E-state index in [1.54, 1.807) is 6.92 Å². The summed E-state index contributed by atoms with van der Waals surface area (Å²) in [5.41, 5.74) is 0. The van der Waals surface area contributed by atoms with Gasteiger partial charge in [0.1, 0.15) is 5.78 Å². The third-order valence-electron chi connectivity index (χ3n) is 1.70. The van der Waals surface area contributed by atoms with E-state index in [1.165, 1.54) is 6.92 Å². The molecule has 0 unspecified atom stereocenters. The molecule has 92 valence electrons. The molecule has 6 nitrogen and oxygen atoms in total. The molecule has 0 heterocycles. The SMILES string of the molecule is CCOC(=O)NCCNC(=O)CCC(C)=O. The Bertz CT molecular complexity index is 253. The van der Waals surface area contributed by atoms with Crippen molar-refractivity contribution < 1.29 is 19.1 Å². The largest absolute Gasteiger partial charge is 0.450 e.